The first-order valence-corrected chi connectivity index (χ1v) is 11.6. The minimum absolute atomic E-state index is 0.0706. The van der Waals surface area contributed by atoms with Gasteiger partial charge in [0.2, 0.25) is 0 Å². The minimum atomic E-state index is -0.969. The highest BCUT2D eigenvalue weighted by Gasteiger charge is 2.36. The second-order valence-corrected chi connectivity index (χ2v) is 9.65. The highest BCUT2D eigenvalue weighted by atomic mass is 35.5. The minimum Gasteiger partial charge on any atom is -0.481 e. The molecule has 180 valence electrons. The molecule has 1 N–H and O–H groups in total. The molecule has 0 saturated carbocycles. The number of carboxylic acids is 1. The molecule has 2 heterocycles. The zero-order valence-electron chi connectivity index (χ0n) is 20.3. The summed E-state index contributed by atoms with van der Waals surface area (Å²) in [6.45, 7) is 4.07. The van der Waals surface area contributed by atoms with Gasteiger partial charge in [-0.1, -0.05) is 37.6 Å². The molecular weight excluding hydrogens is 454 g/mol. The Balaban J connectivity index is 2.04. The van der Waals surface area contributed by atoms with Crippen LogP contribution in [-0.2, 0) is 9.53 Å². The van der Waals surface area contributed by atoms with Crippen molar-refractivity contribution in [2.45, 2.75) is 38.4 Å². The molecule has 0 fully saturated rings. The topological polar surface area (TPSA) is 83.7 Å². The van der Waals surface area contributed by atoms with Gasteiger partial charge in [-0.3, -0.25) is 9.36 Å². The Kier molecular flexibility index (Phi) is 6.55. The monoisotopic (exact) mass is 483 g/mol. The lowest BCUT2D eigenvalue weighted by Gasteiger charge is -2.30. The Morgan fingerprint density at radius 1 is 1.12 bits per heavy atom. The molecule has 4 rings (SSSR count). The standard InChI is InChI=1S/C25H30ClN5O3/c1-14(2)24-27-28-25-20(13-21(32)33)34-23(17-12-15(26)10-11-18(17)31(24)25)16-8-7-9-19(29(3)4)22(16)30(5)6/h7-12,14,20,23H,13H2,1-6H3,(H,32,33). The summed E-state index contributed by atoms with van der Waals surface area (Å²) in [7, 11) is 7.96. The van der Waals surface area contributed by atoms with E-state index < -0.39 is 18.2 Å². The van der Waals surface area contributed by atoms with E-state index in [1.54, 1.807) is 0 Å². The third-order valence-corrected chi connectivity index (χ3v) is 6.18. The van der Waals surface area contributed by atoms with Gasteiger partial charge in [-0.2, -0.15) is 0 Å². The highest BCUT2D eigenvalue weighted by molar-refractivity contribution is 6.30. The predicted molar refractivity (Wildman–Crippen MR) is 133 cm³/mol. The number of nitrogens with zero attached hydrogens (tertiary/aromatic N) is 5. The fourth-order valence-electron chi connectivity index (χ4n) is 4.52. The lowest BCUT2D eigenvalue weighted by Crippen LogP contribution is -2.21. The summed E-state index contributed by atoms with van der Waals surface area (Å²) < 4.78 is 8.57. The molecule has 1 aromatic heterocycles. The molecule has 1 aliphatic heterocycles. The van der Waals surface area contributed by atoms with Gasteiger partial charge >= 0.3 is 5.97 Å². The third-order valence-electron chi connectivity index (χ3n) is 5.95. The number of fused-ring (bicyclic) bond motifs is 3. The van der Waals surface area contributed by atoms with Crippen LogP contribution in [0.15, 0.2) is 36.4 Å². The maximum atomic E-state index is 11.8. The van der Waals surface area contributed by atoms with Gasteiger partial charge in [-0.05, 0) is 24.3 Å². The Morgan fingerprint density at radius 3 is 2.47 bits per heavy atom. The second kappa shape index (κ2) is 9.27. The van der Waals surface area contributed by atoms with Gasteiger partial charge in [-0.25, -0.2) is 0 Å². The van der Waals surface area contributed by atoms with Crippen LogP contribution in [0.2, 0.25) is 5.02 Å². The maximum Gasteiger partial charge on any atom is 0.306 e. The second-order valence-electron chi connectivity index (χ2n) is 9.22. The van der Waals surface area contributed by atoms with Crippen molar-refractivity contribution in [3.8, 4) is 5.69 Å². The van der Waals surface area contributed by atoms with Crippen LogP contribution in [0.25, 0.3) is 5.69 Å². The van der Waals surface area contributed by atoms with Crippen molar-refractivity contribution in [3.63, 3.8) is 0 Å². The predicted octanol–water partition coefficient (Wildman–Crippen LogP) is 4.81. The molecule has 1 aliphatic rings. The van der Waals surface area contributed by atoms with E-state index in [0.717, 1.165) is 34.0 Å². The zero-order chi connectivity index (χ0) is 24.7. The van der Waals surface area contributed by atoms with Gasteiger partial charge in [-0.15, -0.1) is 10.2 Å². The van der Waals surface area contributed by atoms with E-state index in [-0.39, 0.29) is 12.3 Å². The summed E-state index contributed by atoms with van der Waals surface area (Å²) in [5, 5.41) is 19.1. The van der Waals surface area contributed by atoms with Crippen molar-refractivity contribution >= 4 is 28.9 Å². The van der Waals surface area contributed by atoms with E-state index in [1.807, 2.05) is 76.9 Å². The lowest BCUT2D eigenvalue weighted by molar-refractivity contribution is -0.141. The Labute approximate surface area is 204 Å². The van der Waals surface area contributed by atoms with E-state index >= 15 is 0 Å². The van der Waals surface area contributed by atoms with Gasteiger partial charge in [0, 0.05) is 50.3 Å². The Bertz CT molecular complexity index is 1220. The van der Waals surface area contributed by atoms with Crippen LogP contribution in [0.1, 0.15) is 61.2 Å². The number of halogens is 1. The number of carboxylic acid groups (broad SMARTS) is 1. The number of aliphatic carboxylic acids is 1. The molecule has 9 heteroatoms. The van der Waals surface area contributed by atoms with Crippen molar-refractivity contribution < 1.29 is 14.6 Å². The normalized spacial score (nSPS) is 17.2. The molecule has 3 aromatic rings. The smallest absolute Gasteiger partial charge is 0.306 e. The molecular formula is C25H30ClN5O3. The summed E-state index contributed by atoms with van der Waals surface area (Å²) in [5.41, 5.74) is 4.60. The molecule has 0 amide bonds. The van der Waals surface area contributed by atoms with Crippen LogP contribution in [0, 0.1) is 0 Å². The van der Waals surface area contributed by atoms with Crippen LogP contribution in [0.4, 0.5) is 11.4 Å². The highest BCUT2D eigenvalue weighted by Crippen LogP contribution is 2.46. The van der Waals surface area contributed by atoms with Crippen molar-refractivity contribution in [1.82, 2.24) is 14.8 Å². The fraction of sp³-hybridized carbons (Fsp3) is 0.400. The number of para-hydroxylation sites is 1. The quantitative estimate of drug-likeness (QED) is 0.538. The largest absolute Gasteiger partial charge is 0.481 e. The summed E-state index contributed by atoms with van der Waals surface area (Å²) >= 11 is 6.48. The first-order valence-electron chi connectivity index (χ1n) is 11.2. The summed E-state index contributed by atoms with van der Waals surface area (Å²) in [4.78, 5) is 15.9. The van der Waals surface area contributed by atoms with Crippen LogP contribution in [0.5, 0.6) is 0 Å². The lowest BCUT2D eigenvalue weighted by atomic mass is 9.96. The fourth-order valence-corrected chi connectivity index (χ4v) is 4.70. The van der Waals surface area contributed by atoms with Crippen LogP contribution in [0.3, 0.4) is 0 Å². The van der Waals surface area contributed by atoms with Gasteiger partial charge in [0.1, 0.15) is 18.0 Å². The molecule has 0 bridgehead atoms. The van der Waals surface area contributed by atoms with Gasteiger partial charge < -0.3 is 19.6 Å². The molecule has 0 radical (unpaired) electrons. The van der Waals surface area contributed by atoms with Crippen LogP contribution < -0.4 is 9.80 Å². The number of ether oxygens (including phenoxy) is 1. The summed E-state index contributed by atoms with van der Waals surface area (Å²) in [6, 6.07) is 11.7. The molecule has 2 aromatic carbocycles. The van der Waals surface area contributed by atoms with E-state index in [9.17, 15) is 9.90 Å². The molecule has 34 heavy (non-hydrogen) atoms. The van der Waals surface area contributed by atoms with Crippen molar-refractivity contribution in [3.05, 3.63) is 64.2 Å². The van der Waals surface area contributed by atoms with Crippen molar-refractivity contribution in [1.29, 1.82) is 0 Å². The molecule has 0 spiro atoms. The Morgan fingerprint density at radius 2 is 1.85 bits per heavy atom. The van der Waals surface area contributed by atoms with Crippen LogP contribution in [-0.4, -0.2) is 54.0 Å². The number of hydrogen-bond donors (Lipinski definition) is 1. The first kappa shape index (κ1) is 24.0. The van der Waals surface area contributed by atoms with E-state index in [2.05, 4.69) is 26.1 Å². The summed E-state index contributed by atoms with van der Waals surface area (Å²) in [5.74, 6) is 0.324. The third kappa shape index (κ3) is 4.23. The molecule has 2 unspecified atom stereocenters. The van der Waals surface area contributed by atoms with Crippen molar-refractivity contribution in [2.75, 3.05) is 38.0 Å². The first-order chi connectivity index (χ1) is 16.1. The molecule has 0 saturated heterocycles. The maximum absolute atomic E-state index is 11.8. The number of hydrogen-bond acceptors (Lipinski definition) is 6. The average Bonchev–Trinajstić information content (AvgIpc) is 3.16. The molecule has 2 atom stereocenters. The number of carbonyl (C=O) groups is 1. The van der Waals surface area contributed by atoms with Gasteiger partial charge in [0.05, 0.1) is 23.5 Å². The van der Waals surface area contributed by atoms with Crippen molar-refractivity contribution in [2.24, 2.45) is 0 Å². The Hall–Kier alpha value is -3.10. The van der Waals surface area contributed by atoms with Crippen LogP contribution >= 0.6 is 11.6 Å². The van der Waals surface area contributed by atoms with Gasteiger partial charge in [0.25, 0.3) is 0 Å². The average molecular weight is 484 g/mol. The number of rotatable bonds is 6. The molecule has 0 aliphatic carbocycles. The molecule has 8 nitrogen and oxygen atoms in total. The number of aromatic nitrogens is 3. The van der Waals surface area contributed by atoms with E-state index in [1.165, 1.54) is 0 Å². The zero-order valence-corrected chi connectivity index (χ0v) is 21.0. The van der Waals surface area contributed by atoms with E-state index in [0.29, 0.717) is 10.8 Å². The van der Waals surface area contributed by atoms with E-state index in [4.69, 9.17) is 16.3 Å². The SMILES string of the molecule is CC(C)c1nnc2n1-c1ccc(Cl)cc1C(c1cccc(N(C)C)c1N(C)C)OC2CC(=O)O. The summed E-state index contributed by atoms with van der Waals surface area (Å²) in [6.07, 6.45) is -1.61. The van der Waals surface area contributed by atoms with Gasteiger partial charge in [0.15, 0.2) is 5.82 Å². The number of benzene rings is 2. The number of anilines is 2.